The van der Waals surface area contributed by atoms with Gasteiger partial charge in [0.15, 0.2) is 11.0 Å². The first kappa shape index (κ1) is 22.1. The lowest BCUT2D eigenvalue weighted by molar-refractivity contribution is 0.288. The highest BCUT2D eigenvalue weighted by molar-refractivity contribution is 7.98. The Kier molecular flexibility index (Phi) is 7.17. The fourth-order valence-corrected chi connectivity index (χ4v) is 5.10. The second kappa shape index (κ2) is 10.0. The maximum absolute atomic E-state index is 6.18. The van der Waals surface area contributed by atoms with Crippen molar-refractivity contribution in [3.8, 4) is 16.3 Å². The van der Waals surface area contributed by atoms with Crippen molar-refractivity contribution in [1.82, 2.24) is 19.7 Å². The van der Waals surface area contributed by atoms with Gasteiger partial charge in [0.05, 0.1) is 10.7 Å². The van der Waals surface area contributed by atoms with Gasteiger partial charge in [-0.3, -0.25) is 0 Å². The molecule has 2 aromatic carbocycles. The lowest BCUT2D eigenvalue weighted by Gasteiger charge is -2.10. The van der Waals surface area contributed by atoms with Crippen LogP contribution in [0.1, 0.15) is 24.0 Å². The Hall–Kier alpha value is -2.06. The topological polar surface area (TPSA) is 52.8 Å². The highest BCUT2D eigenvalue weighted by Crippen LogP contribution is 2.30. The average Bonchev–Trinajstić information content (AvgIpc) is 3.40. The minimum Gasteiger partial charge on any atom is -0.484 e. The molecule has 0 saturated heterocycles. The van der Waals surface area contributed by atoms with Crippen molar-refractivity contribution in [2.24, 2.45) is 0 Å². The van der Waals surface area contributed by atoms with Gasteiger partial charge in [-0.15, -0.1) is 21.5 Å². The van der Waals surface area contributed by atoms with Gasteiger partial charge in [-0.2, -0.15) is 0 Å². The highest BCUT2D eigenvalue weighted by atomic mass is 35.5. The van der Waals surface area contributed by atoms with Crippen molar-refractivity contribution in [3.05, 3.63) is 75.0 Å². The third kappa shape index (κ3) is 5.41. The van der Waals surface area contributed by atoms with Crippen LogP contribution >= 0.6 is 46.3 Å². The van der Waals surface area contributed by atoms with Crippen LogP contribution in [0.25, 0.3) is 10.6 Å². The molecule has 0 N–H and O–H groups in total. The summed E-state index contributed by atoms with van der Waals surface area (Å²) in [5, 5.41) is 13.7. The quantitative estimate of drug-likeness (QED) is 0.251. The van der Waals surface area contributed by atoms with Crippen molar-refractivity contribution < 1.29 is 4.74 Å². The van der Waals surface area contributed by atoms with E-state index in [2.05, 4.69) is 53.7 Å². The first-order chi connectivity index (χ1) is 15.0. The van der Waals surface area contributed by atoms with Crippen LogP contribution in [-0.2, 0) is 18.9 Å². The molecule has 2 heterocycles. The molecule has 0 aliphatic carbocycles. The van der Waals surface area contributed by atoms with Gasteiger partial charge in [0.1, 0.15) is 17.4 Å². The molecule has 160 valence electrons. The Morgan fingerprint density at radius 1 is 1.10 bits per heavy atom. The van der Waals surface area contributed by atoms with Gasteiger partial charge in [0.2, 0.25) is 0 Å². The number of ether oxygens (including phenoxy) is 1. The molecule has 9 heteroatoms. The Morgan fingerprint density at radius 2 is 1.90 bits per heavy atom. The van der Waals surface area contributed by atoms with Crippen LogP contribution in [0, 0.1) is 6.92 Å². The average molecular weight is 491 g/mol. The normalized spacial score (nSPS) is 11.1. The maximum atomic E-state index is 6.18. The summed E-state index contributed by atoms with van der Waals surface area (Å²) < 4.78 is 7.86. The fraction of sp³-hybridized carbons (Fsp3) is 0.227. The van der Waals surface area contributed by atoms with Crippen molar-refractivity contribution in [3.63, 3.8) is 0 Å². The number of hydrogen-bond acceptors (Lipinski definition) is 6. The maximum Gasteiger partial charge on any atom is 0.191 e. The lowest BCUT2D eigenvalue weighted by atomic mass is 10.2. The predicted octanol–water partition coefficient (Wildman–Crippen LogP) is 6.91. The van der Waals surface area contributed by atoms with Crippen LogP contribution in [-0.4, -0.2) is 19.7 Å². The number of rotatable bonds is 8. The third-order valence-corrected chi connectivity index (χ3v) is 7.05. The highest BCUT2D eigenvalue weighted by Gasteiger charge is 2.14. The molecule has 0 amide bonds. The number of nitrogens with zero attached hydrogens (tertiary/aromatic N) is 4. The summed E-state index contributed by atoms with van der Waals surface area (Å²) >= 11 is 15.5. The van der Waals surface area contributed by atoms with Crippen LogP contribution < -0.4 is 4.74 Å². The van der Waals surface area contributed by atoms with E-state index in [-0.39, 0.29) is 6.61 Å². The van der Waals surface area contributed by atoms with Crippen molar-refractivity contribution in [2.45, 2.75) is 37.9 Å². The molecule has 0 aliphatic rings. The molecule has 0 bridgehead atoms. The van der Waals surface area contributed by atoms with Crippen molar-refractivity contribution in [2.75, 3.05) is 0 Å². The second-order valence-corrected chi connectivity index (χ2v) is 9.45. The third-order valence-electron chi connectivity index (χ3n) is 4.56. The first-order valence-electron chi connectivity index (χ1n) is 9.67. The Bertz CT molecular complexity index is 1170. The number of aromatic nitrogens is 4. The van der Waals surface area contributed by atoms with E-state index in [9.17, 15) is 0 Å². The van der Waals surface area contributed by atoms with Gasteiger partial charge in [-0.1, -0.05) is 64.8 Å². The van der Waals surface area contributed by atoms with Crippen LogP contribution in [0.5, 0.6) is 5.75 Å². The minimum atomic E-state index is 0.260. The molecule has 5 nitrogen and oxygen atoms in total. The molecular formula is C22H20Cl2N4OS2. The van der Waals surface area contributed by atoms with E-state index in [1.165, 1.54) is 5.56 Å². The van der Waals surface area contributed by atoms with E-state index in [0.29, 0.717) is 15.8 Å². The molecule has 4 rings (SSSR count). The summed E-state index contributed by atoms with van der Waals surface area (Å²) in [6.07, 6.45) is 0. The zero-order chi connectivity index (χ0) is 21.8. The zero-order valence-electron chi connectivity index (χ0n) is 17.0. The fourth-order valence-electron chi connectivity index (χ4n) is 2.92. The number of benzene rings is 2. The van der Waals surface area contributed by atoms with Gasteiger partial charge < -0.3 is 9.30 Å². The number of aryl methyl sites for hydroxylation is 1. The molecule has 0 fully saturated rings. The Balaban J connectivity index is 1.41. The standard InChI is InChI=1S/C22H20Cl2N4OS2/c1-3-28-20(11-29-19-10-16(23)8-9-18(19)24)26-27-22(28)31-13-17-12-30-21(25-17)15-6-4-14(2)5-7-15/h4-10,12H,3,11,13H2,1-2H3. The van der Waals surface area contributed by atoms with E-state index in [1.807, 2.05) is 4.57 Å². The molecule has 0 radical (unpaired) electrons. The minimum absolute atomic E-state index is 0.260. The number of halogens is 2. The summed E-state index contributed by atoms with van der Waals surface area (Å²) in [6, 6.07) is 13.6. The SMILES string of the molecule is CCn1c(COc2cc(Cl)ccc2Cl)nnc1SCc1csc(-c2ccc(C)cc2)n1. The first-order valence-corrected chi connectivity index (χ1v) is 12.3. The smallest absolute Gasteiger partial charge is 0.191 e. The summed E-state index contributed by atoms with van der Waals surface area (Å²) in [4.78, 5) is 4.77. The van der Waals surface area contributed by atoms with Gasteiger partial charge in [-0.05, 0) is 26.0 Å². The van der Waals surface area contributed by atoms with Gasteiger partial charge >= 0.3 is 0 Å². The number of hydrogen-bond donors (Lipinski definition) is 0. The van der Waals surface area contributed by atoms with Gasteiger partial charge in [0.25, 0.3) is 0 Å². The molecule has 2 aromatic heterocycles. The summed E-state index contributed by atoms with van der Waals surface area (Å²) in [5.74, 6) is 1.99. The van der Waals surface area contributed by atoms with E-state index in [1.54, 1.807) is 41.3 Å². The van der Waals surface area contributed by atoms with Crippen molar-refractivity contribution >= 4 is 46.3 Å². The number of thioether (sulfide) groups is 1. The summed E-state index contributed by atoms with van der Waals surface area (Å²) in [6.45, 7) is 5.14. The molecule has 31 heavy (non-hydrogen) atoms. The summed E-state index contributed by atoms with van der Waals surface area (Å²) in [5.41, 5.74) is 3.41. The van der Waals surface area contributed by atoms with Crippen LogP contribution in [0.15, 0.2) is 53.0 Å². The molecule has 0 unspecified atom stereocenters. The molecule has 0 spiro atoms. The molecule has 4 aromatic rings. The number of thiazole rings is 1. The lowest BCUT2D eigenvalue weighted by Crippen LogP contribution is -2.07. The van der Waals surface area contributed by atoms with Crippen LogP contribution in [0.4, 0.5) is 0 Å². The zero-order valence-corrected chi connectivity index (χ0v) is 20.2. The van der Waals surface area contributed by atoms with Gasteiger partial charge in [-0.25, -0.2) is 4.98 Å². The van der Waals surface area contributed by atoms with Gasteiger partial charge in [0, 0.05) is 34.3 Å². The van der Waals surface area contributed by atoms with Crippen LogP contribution in [0.2, 0.25) is 10.0 Å². The molecule has 0 aliphatic heterocycles. The molecule has 0 saturated carbocycles. The monoisotopic (exact) mass is 490 g/mol. The van der Waals surface area contributed by atoms with Crippen molar-refractivity contribution in [1.29, 1.82) is 0 Å². The van der Waals surface area contributed by atoms with E-state index in [4.69, 9.17) is 32.9 Å². The van der Waals surface area contributed by atoms with Crippen LogP contribution in [0.3, 0.4) is 0 Å². The van der Waals surface area contributed by atoms with E-state index in [0.717, 1.165) is 39.5 Å². The van der Waals surface area contributed by atoms with E-state index < -0.39 is 0 Å². The Labute approximate surface area is 199 Å². The predicted molar refractivity (Wildman–Crippen MR) is 128 cm³/mol. The second-order valence-electron chi connectivity index (χ2n) is 6.81. The molecule has 0 atom stereocenters. The Morgan fingerprint density at radius 3 is 2.68 bits per heavy atom. The van der Waals surface area contributed by atoms with E-state index >= 15 is 0 Å². The molecular weight excluding hydrogens is 471 g/mol. The largest absolute Gasteiger partial charge is 0.484 e. The summed E-state index contributed by atoms with van der Waals surface area (Å²) in [7, 11) is 0.